The summed E-state index contributed by atoms with van der Waals surface area (Å²) in [5, 5.41) is 7.93. The van der Waals surface area contributed by atoms with Crippen molar-refractivity contribution in [2.45, 2.75) is 26.2 Å². The first-order valence-corrected chi connectivity index (χ1v) is 8.92. The fourth-order valence-corrected chi connectivity index (χ4v) is 3.47. The Labute approximate surface area is 143 Å². The van der Waals surface area contributed by atoms with Gasteiger partial charge in [0.2, 0.25) is 11.7 Å². The van der Waals surface area contributed by atoms with Gasteiger partial charge in [-0.1, -0.05) is 5.16 Å². The van der Waals surface area contributed by atoms with Crippen LogP contribution in [0.4, 0.5) is 0 Å². The number of nitrogens with zero attached hydrogens (tertiary/aromatic N) is 3. The van der Waals surface area contributed by atoms with Crippen LogP contribution in [0.15, 0.2) is 21.3 Å². The van der Waals surface area contributed by atoms with E-state index in [9.17, 15) is 9.59 Å². The first kappa shape index (κ1) is 16.6. The van der Waals surface area contributed by atoms with Gasteiger partial charge in [-0.2, -0.15) is 16.3 Å². The second kappa shape index (κ2) is 7.57. The van der Waals surface area contributed by atoms with E-state index in [1.165, 1.54) is 0 Å². The van der Waals surface area contributed by atoms with Crippen LogP contribution in [-0.4, -0.2) is 46.6 Å². The molecule has 1 aliphatic rings. The molecule has 0 aliphatic carbocycles. The molecular weight excluding hydrogens is 330 g/mol. The lowest BCUT2D eigenvalue weighted by molar-refractivity contribution is -0.160. The van der Waals surface area contributed by atoms with Crippen molar-refractivity contribution in [3.05, 3.63) is 22.7 Å². The fourth-order valence-electron chi connectivity index (χ4n) is 2.83. The van der Waals surface area contributed by atoms with E-state index in [0.717, 1.165) is 18.4 Å². The summed E-state index contributed by atoms with van der Waals surface area (Å²) in [6, 6.07) is 1.94. The van der Waals surface area contributed by atoms with Gasteiger partial charge in [0.25, 0.3) is 0 Å². The normalized spacial score (nSPS) is 17.7. The van der Waals surface area contributed by atoms with Gasteiger partial charge in [-0.05, 0) is 37.1 Å². The maximum Gasteiger partial charge on any atom is 0.397 e. The van der Waals surface area contributed by atoms with Crippen molar-refractivity contribution in [2.75, 3.05) is 19.7 Å². The first-order valence-electron chi connectivity index (χ1n) is 7.98. The number of carbonyl (C=O) groups is 2. The second-order valence-corrected chi connectivity index (χ2v) is 6.49. The summed E-state index contributed by atoms with van der Waals surface area (Å²) in [6.07, 6.45) is 2.41. The van der Waals surface area contributed by atoms with Crippen molar-refractivity contribution in [1.82, 2.24) is 15.0 Å². The highest BCUT2D eigenvalue weighted by Crippen LogP contribution is 2.23. The predicted molar refractivity (Wildman–Crippen MR) is 87.3 cm³/mol. The van der Waals surface area contributed by atoms with E-state index in [1.54, 1.807) is 23.2 Å². The Hall–Kier alpha value is -2.22. The van der Waals surface area contributed by atoms with Crippen molar-refractivity contribution in [2.24, 2.45) is 5.92 Å². The van der Waals surface area contributed by atoms with E-state index in [4.69, 9.17) is 9.26 Å². The molecule has 24 heavy (non-hydrogen) atoms. The minimum absolute atomic E-state index is 0.202. The Bertz CT molecular complexity index is 698. The molecule has 1 atom stereocenters. The van der Waals surface area contributed by atoms with Gasteiger partial charge < -0.3 is 14.2 Å². The van der Waals surface area contributed by atoms with E-state index in [0.29, 0.717) is 31.2 Å². The monoisotopic (exact) mass is 349 g/mol. The van der Waals surface area contributed by atoms with Gasteiger partial charge in [-0.15, -0.1) is 0 Å². The summed E-state index contributed by atoms with van der Waals surface area (Å²) in [7, 11) is 0. The van der Waals surface area contributed by atoms with Crippen LogP contribution in [0.3, 0.4) is 0 Å². The summed E-state index contributed by atoms with van der Waals surface area (Å²) in [5.41, 5.74) is 0.942. The molecule has 1 fully saturated rings. The van der Waals surface area contributed by atoms with Gasteiger partial charge in [-0.25, -0.2) is 4.79 Å². The van der Waals surface area contributed by atoms with Gasteiger partial charge in [0.05, 0.1) is 6.61 Å². The number of hydrogen-bond acceptors (Lipinski definition) is 7. The molecule has 1 unspecified atom stereocenters. The number of esters is 1. The van der Waals surface area contributed by atoms with Gasteiger partial charge >= 0.3 is 11.9 Å². The molecule has 0 spiro atoms. The molecule has 3 heterocycles. The van der Waals surface area contributed by atoms with Crippen LogP contribution in [0.25, 0.3) is 11.4 Å². The van der Waals surface area contributed by atoms with Gasteiger partial charge in [0, 0.05) is 30.5 Å². The molecule has 0 radical (unpaired) electrons. The van der Waals surface area contributed by atoms with Crippen LogP contribution >= 0.6 is 11.3 Å². The van der Waals surface area contributed by atoms with Crippen LogP contribution < -0.4 is 0 Å². The minimum Gasteiger partial charge on any atom is -0.459 e. The number of rotatable bonds is 4. The van der Waals surface area contributed by atoms with Crippen molar-refractivity contribution in [3.63, 3.8) is 0 Å². The van der Waals surface area contributed by atoms with E-state index >= 15 is 0 Å². The van der Waals surface area contributed by atoms with Gasteiger partial charge in [-0.3, -0.25) is 4.79 Å². The maximum atomic E-state index is 12.0. The highest BCUT2D eigenvalue weighted by molar-refractivity contribution is 7.08. The van der Waals surface area contributed by atoms with Crippen LogP contribution in [0.1, 0.15) is 25.7 Å². The average molecular weight is 349 g/mol. The SMILES string of the molecule is CCOC(=O)C(=O)N1CCCC(Cc2nc(-c3ccsc3)no2)C1. The number of thiophene rings is 1. The zero-order chi connectivity index (χ0) is 16.9. The quantitative estimate of drug-likeness (QED) is 0.621. The van der Waals surface area contributed by atoms with Crippen LogP contribution in [0, 0.1) is 5.92 Å². The first-order chi connectivity index (χ1) is 11.7. The van der Waals surface area contributed by atoms with E-state index in [-0.39, 0.29) is 12.5 Å². The predicted octanol–water partition coefficient (Wildman–Crippen LogP) is 2.14. The minimum atomic E-state index is -0.782. The fraction of sp³-hybridized carbons (Fsp3) is 0.500. The molecule has 2 aromatic heterocycles. The number of likely N-dealkylation sites (tertiary alicyclic amines) is 1. The standard InChI is InChI=1S/C16H19N3O4S/c1-2-22-16(21)15(20)19-6-3-4-11(9-19)8-13-17-14(18-23-13)12-5-7-24-10-12/h5,7,10-11H,2-4,6,8-9H2,1H3. The van der Waals surface area contributed by atoms with Gasteiger partial charge in [0.15, 0.2) is 0 Å². The molecule has 8 heteroatoms. The van der Waals surface area contributed by atoms with E-state index in [2.05, 4.69) is 10.1 Å². The van der Waals surface area contributed by atoms with Crippen molar-refractivity contribution in [1.29, 1.82) is 0 Å². The molecule has 0 bridgehead atoms. The summed E-state index contributed by atoms with van der Waals surface area (Å²) in [4.78, 5) is 29.6. The third-order valence-electron chi connectivity index (χ3n) is 3.97. The summed E-state index contributed by atoms with van der Waals surface area (Å²) in [6.45, 7) is 2.98. The third-order valence-corrected chi connectivity index (χ3v) is 4.65. The van der Waals surface area contributed by atoms with Crippen LogP contribution in [0.5, 0.6) is 0 Å². The van der Waals surface area contributed by atoms with Crippen molar-refractivity contribution >= 4 is 23.2 Å². The van der Waals surface area contributed by atoms with Crippen LogP contribution in [-0.2, 0) is 20.7 Å². The van der Waals surface area contributed by atoms with Crippen molar-refractivity contribution < 1.29 is 18.8 Å². The van der Waals surface area contributed by atoms with Crippen LogP contribution in [0.2, 0.25) is 0 Å². The number of piperidine rings is 1. The highest BCUT2D eigenvalue weighted by atomic mass is 32.1. The Morgan fingerprint density at radius 1 is 1.50 bits per heavy atom. The summed E-state index contributed by atoms with van der Waals surface area (Å²) in [5.74, 6) is 0.00257. The topological polar surface area (TPSA) is 85.5 Å². The molecule has 7 nitrogen and oxygen atoms in total. The largest absolute Gasteiger partial charge is 0.459 e. The number of carbonyl (C=O) groups excluding carboxylic acids is 2. The third kappa shape index (κ3) is 3.81. The molecule has 128 valence electrons. The number of ether oxygens (including phenoxy) is 1. The summed E-state index contributed by atoms with van der Waals surface area (Å²) >= 11 is 1.58. The lowest BCUT2D eigenvalue weighted by atomic mass is 9.94. The Balaban J connectivity index is 1.59. The maximum absolute atomic E-state index is 12.0. The Kier molecular flexibility index (Phi) is 5.24. The average Bonchev–Trinajstić information content (AvgIpc) is 3.26. The molecule has 0 saturated carbocycles. The zero-order valence-corrected chi connectivity index (χ0v) is 14.3. The van der Waals surface area contributed by atoms with E-state index in [1.807, 2.05) is 16.8 Å². The lowest BCUT2D eigenvalue weighted by Crippen LogP contribution is -2.44. The Morgan fingerprint density at radius 2 is 2.38 bits per heavy atom. The van der Waals surface area contributed by atoms with Crippen molar-refractivity contribution in [3.8, 4) is 11.4 Å². The molecule has 1 saturated heterocycles. The molecule has 2 aromatic rings. The highest BCUT2D eigenvalue weighted by Gasteiger charge is 2.29. The molecular formula is C16H19N3O4S. The number of aromatic nitrogens is 2. The molecule has 0 aromatic carbocycles. The van der Waals surface area contributed by atoms with Gasteiger partial charge in [0.1, 0.15) is 0 Å². The smallest absolute Gasteiger partial charge is 0.397 e. The molecule has 3 rings (SSSR count). The Morgan fingerprint density at radius 3 is 3.12 bits per heavy atom. The molecule has 0 N–H and O–H groups in total. The lowest BCUT2D eigenvalue weighted by Gasteiger charge is -2.31. The van der Waals surface area contributed by atoms with E-state index < -0.39 is 11.9 Å². The summed E-state index contributed by atoms with van der Waals surface area (Å²) < 4.78 is 10.1. The molecule has 1 amide bonds. The second-order valence-electron chi connectivity index (χ2n) is 5.71. The number of amides is 1. The zero-order valence-electron chi connectivity index (χ0n) is 13.4. The number of hydrogen-bond donors (Lipinski definition) is 0. The molecule has 1 aliphatic heterocycles.